The molecule has 0 aliphatic carbocycles. The van der Waals surface area contributed by atoms with Gasteiger partial charge in [-0.25, -0.2) is 0 Å². The molecule has 2 N–H and O–H groups in total. The van der Waals surface area contributed by atoms with Crippen molar-refractivity contribution in [2.24, 2.45) is 0 Å². The Bertz CT molecular complexity index is 1160. The van der Waals surface area contributed by atoms with Gasteiger partial charge in [-0.1, -0.05) is 12.1 Å². The quantitative estimate of drug-likeness (QED) is 0.518. The van der Waals surface area contributed by atoms with Crippen molar-refractivity contribution >= 4 is 11.4 Å². The number of carbonyl (C=O) groups is 1. The number of amides is 1. The van der Waals surface area contributed by atoms with Crippen molar-refractivity contribution in [2.45, 2.75) is 0 Å². The molecule has 2 aromatic carbocycles. The highest BCUT2D eigenvalue weighted by molar-refractivity contribution is 5.94. The van der Waals surface area contributed by atoms with Crippen LogP contribution in [0.5, 0.6) is 5.75 Å². The largest absolute Gasteiger partial charge is 0.508 e. The van der Waals surface area contributed by atoms with Crippen LogP contribution in [0.3, 0.4) is 0 Å². The number of hydrogen-bond acceptors (Lipinski definition) is 4. The van der Waals surface area contributed by atoms with Crippen LogP contribution in [0.25, 0.3) is 28.0 Å². The lowest BCUT2D eigenvalue weighted by Gasteiger charge is -2.11. The molecule has 0 atom stereocenters. The standard InChI is InChI=1S/C24H24N4O2/c1-27(2)14-13-25-24(30)19-5-3-17(4-6-19)22-16-28-20(15-26-22)9-12-23(28)18-7-10-21(29)11-8-18/h3-12,15-16,29H,13-14H2,1-2H3,(H,25,30). The number of phenolic OH excluding ortho intramolecular Hbond substituents is 1. The van der Waals surface area contributed by atoms with Gasteiger partial charge < -0.3 is 19.7 Å². The molecule has 152 valence electrons. The fourth-order valence-corrected chi connectivity index (χ4v) is 3.31. The summed E-state index contributed by atoms with van der Waals surface area (Å²) in [5, 5.41) is 12.5. The van der Waals surface area contributed by atoms with E-state index in [2.05, 4.69) is 14.7 Å². The molecule has 0 aliphatic heterocycles. The van der Waals surface area contributed by atoms with Crippen molar-refractivity contribution in [3.05, 3.63) is 78.6 Å². The maximum Gasteiger partial charge on any atom is 0.251 e. The Labute approximate surface area is 175 Å². The first-order valence-electron chi connectivity index (χ1n) is 9.81. The van der Waals surface area contributed by atoms with Gasteiger partial charge in [-0.3, -0.25) is 9.78 Å². The Morgan fingerprint density at radius 2 is 1.70 bits per heavy atom. The molecule has 0 spiro atoms. The molecular weight excluding hydrogens is 376 g/mol. The zero-order valence-corrected chi connectivity index (χ0v) is 17.0. The molecule has 30 heavy (non-hydrogen) atoms. The minimum absolute atomic E-state index is 0.0770. The van der Waals surface area contributed by atoms with Gasteiger partial charge in [0.1, 0.15) is 5.75 Å². The third kappa shape index (κ3) is 4.18. The second-order valence-corrected chi connectivity index (χ2v) is 7.47. The number of fused-ring (bicyclic) bond motifs is 1. The Hall–Kier alpha value is -3.64. The van der Waals surface area contributed by atoms with Crippen LogP contribution in [-0.4, -0.2) is 52.5 Å². The number of carbonyl (C=O) groups excluding carboxylic acids is 1. The van der Waals surface area contributed by atoms with Crippen LogP contribution in [0, 0.1) is 0 Å². The van der Waals surface area contributed by atoms with E-state index in [1.807, 2.05) is 79.9 Å². The van der Waals surface area contributed by atoms with Gasteiger partial charge >= 0.3 is 0 Å². The first-order chi connectivity index (χ1) is 14.5. The zero-order valence-electron chi connectivity index (χ0n) is 17.0. The molecule has 2 aromatic heterocycles. The minimum Gasteiger partial charge on any atom is -0.508 e. The van der Waals surface area contributed by atoms with Gasteiger partial charge in [0.05, 0.1) is 23.1 Å². The van der Waals surface area contributed by atoms with Crippen LogP contribution in [-0.2, 0) is 0 Å². The number of aromatic nitrogens is 2. The maximum absolute atomic E-state index is 12.3. The molecule has 6 nitrogen and oxygen atoms in total. The SMILES string of the molecule is CN(C)CCNC(=O)c1ccc(-c2cn3c(-c4ccc(O)cc4)ccc3cn2)cc1. The number of benzene rings is 2. The molecule has 0 saturated carbocycles. The van der Waals surface area contributed by atoms with Crippen molar-refractivity contribution in [3.63, 3.8) is 0 Å². The number of rotatable bonds is 6. The summed E-state index contributed by atoms with van der Waals surface area (Å²) in [6.45, 7) is 1.41. The third-order valence-electron chi connectivity index (χ3n) is 4.99. The lowest BCUT2D eigenvalue weighted by Crippen LogP contribution is -2.31. The number of nitrogens with zero attached hydrogens (tertiary/aromatic N) is 3. The predicted molar refractivity (Wildman–Crippen MR) is 119 cm³/mol. The Kier molecular flexibility index (Phi) is 5.50. The summed E-state index contributed by atoms with van der Waals surface area (Å²) in [5.74, 6) is 0.166. The highest BCUT2D eigenvalue weighted by Gasteiger charge is 2.09. The summed E-state index contributed by atoms with van der Waals surface area (Å²) in [7, 11) is 3.95. The summed E-state index contributed by atoms with van der Waals surface area (Å²) in [6, 6.07) is 18.7. The summed E-state index contributed by atoms with van der Waals surface area (Å²) in [6.07, 6.45) is 3.82. The molecule has 0 unspecified atom stereocenters. The number of phenols is 1. The molecule has 6 heteroatoms. The maximum atomic E-state index is 12.3. The van der Waals surface area contributed by atoms with E-state index in [1.54, 1.807) is 12.1 Å². The molecule has 1 amide bonds. The fourth-order valence-electron chi connectivity index (χ4n) is 3.31. The Morgan fingerprint density at radius 1 is 1.00 bits per heavy atom. The smallest absolute Gasteiger partial charge is 0.251 e. The van der Waals surface area contributed by atoms with Gasteiger partial charge in [0.15, 0.2) is 0 Å². The van der Waals surface area contributed by atoms with Crippen molar-refractivity contribution in [3.8, 4) is 28.3 Å². The molecule has 0 fully saturated rings. The van der Waals surface area contributed by atoms with Gasteiger partial charge in [-0.05, 0) is 68.2 Å². The summed E-state index contributed by atoms with van der Waals surface area (Å²) in [5.41, 5.74) is 5.40. The highest BCUT2D eigenvalue weighted by atomic mass is 16.3. The van der Waals surface area contributed by atoms with E-state index in [0.29, 0.717) is 12.1 Å². The van der Waals surface area contributed by atoms with E-state index >= 15 is 0 Å². The zero-order chi connectivity index (χ0) is 21.1. The number of aromatic hydroxyl groups is 1. The molecule has 0 saturated heterocycles. The van der Waals surface area contributed by atoms with E-state index < -0.39 is 0 Å². The lowest BCUT2D eigenvalue weighted by atomic mass is 10.1. The molecule has 2 heterocycles. The van der Waals surface area contributed by atoms with Crippen molar-refractivity contribution < 1.29 is 9.90 Å². The van der Waals surface area contributed by atoms with E-state index in [1.165, 1.54) is 0 Å². The first kappa shape index (κ1) is 19.7. The van der Waals surface area contributed by atoms with Crippen molar-refractivity contribution in [2.75, 3.05) is 27.2 Å². The highest BCUT2D eigenvalue weighted by Crippen LogP contribution is 2.26. The number of nitrogens with one attached hydrogen (secondary N) is 1. The van der Waals surface area contributed by atoms with E-state index in [9.17, 15) is 9.90 Å². The third-order valence-corrected chi connectivity index (χ3v) is 4.99. The van der Waals surface area contributed by atoms with E-state index in [-0.39, 0.29) is 11.7 Å². The van der Waals surface area contributed by atoms with Gasteiger partial charge in [-0.15, -0.1) is 0 Å². The minimum atomic E-state index is -0.0770. The second-order valence-electron chi connectivity index (χ2n) is 7.47. The fraction of sp³-hybridized carbons (Fsp3) is 0.167. The van der Waals surface area contributed by atoms with E-state index in [4.69, 9.17) is 0 Å². The van der Waals surface area contributed by atoms with Crippen LogP contribution in [0.4, 0.5) is 0 Å². The van der Waals surface area contributed by atoms with Gasteiger partial charge in [0, 0.05) is 30.4 Å². The molecule has 0 aliphatic rings. The van der Waals surface area contributed by atoms with Crippen molar-refractivity contribution in [1.82, 2.24) is 19.6 Å². The number of likely N-dealkylation sites (N-methyl/N-ethyl adjacent to an activating group) is 1. The summed E-state index contributed by atoms with van der Waals surface area (Å²) < 4.78 is 2.08. The molecule has 4 aromatic rings. The summed E-state index contributed by atoms with van der Waals surface area (Å²) in [4.78, 5) is 18.9. The van der Waals surface area contributed by atoms with Crippen LogP contribution >= 0.6 is 0 Å². The van der Waals surface area contributed by atoms with Gasteiger partial charge in [0.2, 0.25) is 0 Å². The van der Waals surface area contributed by atoms with Crippen molar-refractivity contribution in [1.29, 1.82) is 0 Å². The van der Waals surface area contributed by atoms with Crippen LogP contribution < -0.4 is 5.32 Å². The van der Waals surface area contributed by atoms with E-state index in [0.717, 1.165) is 34.6 Å². The van der Waals surface area contributed by atoms with Crippen LogP contribution in [0.1, 0.15) is 10.4 Å². The topological polar surface area (TPSA) is 69.9 Å². The first-order valence-corrected chi connectivity index (χ1v) is 9.81. The lowest BCUT2D eigenvalue weighted by molar-refractivity contribution is 0.0951. The molecule has 0 radical (unpaired) electrons. The average molecular weight is 400 g/mol. The monoisotopic (exact) mass is 400 g/mol. The summed E-state index contributed by atoms with van der Waals surface area (Å²) >= 11 is 0. The van der Waals surface area contributed by atoms with Crippen LogP contribution in [0.2, 0.25) is 0 Å². The number of hydrogen-bond donors (Lipinski definition) is 2. The Morgan fingerprint density at radius 3 is 2.40 bits per heavy atom. The second kappa shape index (κ2) is 8.39. The average Bonchev–Trinajstić information content (AvgIpc) is 3.17. The Balaban J connectivity index is 1.58. The normalized spacial score (nSPS) is 11.2. The molecular formula is C24H24N4O2. The van der Waals surface area contributed by atoms with Gasteiger partial charge in [0.25, 0.3) is 5.91 Å². The molecule has 4 rings (SSSR count). The predicted octanol–water partition coefficient (Wildman–Crippen LogP) is 3.67. The molecule has 0 bridgehead atoms. The van der Waals surface area contributed by atoms with Crippen LogP contribution in [0.15, 0.2) is 73.1 Å². The van der Waals surface area contributed by atoms with Gasteiger partial charge in [-0.2, -0.15) is 0 Å².